The second kappa shape index (κ2) is 7.91. The molecule has 0 saturated heterocycles. The van der Waals surface area contributed by atoms with Crippen LogP contribution in [0.4, 0.5) is 0 Å². The molecule has 96 valence electrons. The lowest BCUT2D eigenvalue weighted by Gasteiger charge is -2.23. The molecule has 4 heteroatoms. The number of nitrogens with two attached hydrogens (primary N) is 1. The largest absolute Gasteiger partial charge is 0.354 e. The van der Waals surface area contributed by atoms with E-state index in [1.807, 2.05) is 13.8 Å². The molecule has 1 aliphatic carbocycles. The highest BCUT2D eigenvalue weighted by Crippen LogP contribution is 2.22. The van der Waals surface area contributed by atoms with E-state index >= 15 is 0 Å². The lowest BCUT2D eigenvalue weighted by Crippen LogP contribution is -2.45. The van der Waals surface area contributed by atoms with Gasteiger partial charge in [-0.15, -0.1) is 12.4 Å². The van der Waals surface area contributed by atoms with E-state index < -0.39 is 0 Å². The van der Waals surface area contributed by atoms with Gasteiger partial charge in [0.1, 0.15) is 0 Å². The Morgan fingerprint density at radius 3 is 2.38 bits per heavy atom. The van der Waals surface area contributed by atoms with Crippen LogP contribution in [0.1, 0.15) is 46.0 Å². The van der Waals surface area contributed by atoms with Crippen LogP contribution in [-0.4, -0.2) is 18.5 Å². The van der Waals surface area contributed by atoms with Gasteiger partial charge in [-0.2, -0.15) is 0 Å². The second-order valence-electron chi connectivity index (χ2n) is 5.02. The van der Waals surface area contributed by atoms with Gasteiger partial charge in [0.15, 0.2) is 0 Å². The normalized spacial score (nSPS) is 19.0. The lowest BCUT2D eigenvalue weighted by atomic mass is 9.89. The van der Waals surface area contributed by atoms with Crippen molar-refractivity contribution in [2.24, 2.45) is 17.6 Å². The number of nitrogens with one attached hydrogen (secondary N) is 1. The zero-order valence-corrected chi connectivity index (χ0v) is 11.2. The second-order valence-corrected chi connectivity index (χ2v) is 5.02. The van der Waals surface area contributed by atoms with Gasteiger partial charge in [-0.1, -0.05) is 33.1 Å². The van der Waals surface area contributed by atoms with Crippen molar-refractivity contribution in [3.8, 4) is 0 Å². The molecule has 1 atom stereocenters. The fourth-order valence-corrected chi connectivity index (χ4v) is 2.06. The standard InChI is InChI=1S/C12H24N2O.ClH/c1-9(2)11(13)12(15)14-8-10-6-4-3-5-7-10;/h9-11H,3-8,13H2,1-2H3,(H,14,15);1H/t11-;/m1./s1. The van der Waals surface area contributed by atoms with E-state index in [4.69, 9.17) is 5.73 Å². The Labute approximate surface area is 105 Å². The number of hydrogen-bond acceptors (Lipinski definition) is 2. The van der Waals surface area contributed by atoms with E-state index in [1.54, 1.807) is 0 Å². The van der Waals surface area contributed by atoms with Crippen LogP contribution in [-0.2, 0) is 4.79 Å². The van der Waals surface area contributed by atoms with E-state index in [0.29, 0.717) is 5.92 Å². The Kier molecular flexibility index (Phi) is 7.77. The van der Waals surface area contributed by atoms with Gasteiger partial charge < -0.3 is 11.1 Å². The molecular weight excluding hydrogens is 224 g/mol. The number of carbonyl (C=O) groups is 1. The summed E-state index contributed by atoms with van der Waals surface area (Å²) in [6.45, 7) is 4.77. The molecule has 0 spiro atoms. The number of amides is 1. The number of hydrogen-bond donors (Lipinski definition) is 2. The number of carbonyl (C=O) groups excluding carboxylic acids is 1. The highest BCUT2D eigenvalue weighted by atomic mass is 35.5. The molecule has 1 amide bonds. The molecule has 0 unspecified atom stereocenters. The Bertz CT molecular complexity index is 203. The van der Waals surface area contributed by atoms with Crippen LogP contribution in [0.25, 0.3) is 0 Å². The fraction of sp³-hybridized carbons (Fsp3) is 0.917. The van der Waals surface area contributed by atoms with E-state index in [0.717, 1.165) is 6.54 Å². The van der Waals surface area contributed by atoms with Gasteiger partial charge in [0.25, 0.3) is 0 Å². The maximum Gasteiger partial charge on any atom is 0.237 e. The summed E-state index contributed by atoms with van der Waals surface area (Å²) in [7, 11) is 0. The van der Waals surface area contributed by atoms with Crippen molar-refractivity contribution in [3.63, 3.8) is 0 Å². The summed E-state index contributed by atoms with van der Waals surface area (Å²) >= 11 is 0. The summed E-state index contributed by atoms with van der Waals surface area (Å²) in [5.74, 6) is 0.911. The van der Waals surface area contributed by atoms with Crippen LogP contribution < -0.4 is 11.1 Å². The van der Waals surface area contributed by atoms with E-state index in [-0.39, 0.29) is 30.3 Å². The molecule has 0 aromatic rings. The van der Waals surface area contributed by atoms with Crippen molar-refractivity contribution in [2.45, 2.75) is 52.0 Å². The Morgan fingerprint density at radius 1 is 1.31 bits per heavy atom. The number of rotatable bonds is 4. The molecule has 3 N–H and O–H groups in total. The SMILES string of the molecule is CC(C)[C@@H](N)C(=O)NCC1CCCCC1.Cl. The maximum atomic E-state index is 11.6. The Hall–Kier alpha value is -0.280. The van der Waals surface area contributed by atoms with Crippen molar-refractivity contribution in [1.82, 2.24) is 5.32 Å². The third-order valence-electron chi connectivity index (χ3n) is 3.31. The first-order valence-electron chi connectivity index (χ1n) is 6.14. The predicted octanol–water partition coefficient (Wildman–Crippen LogP) is 2.09. The van der Waals surface area contributed by atoms with Crippen LogP contribution in [0.15, 0.2) is 0 Å². The lowest BCUT2D eigenvalue weighted by molar-refractivity contribution is -0.123. The van der Waals surface area contributed by atoms with Crippen LogP contribution in [0.3, 0.4) is 0 Å². The molecule has 0 aliphatic heterocycles. The highest BCUT2D eigenvalue weighted by Gasteiger charge is 2.19. The van der Waals surface area contributed by atoms with Crippen LogP contribution >= 0.6 is 12.4 Å². The third kappa shape index (κ3) is 5.17. The highest BCUT2D eigenvalue weighted by molar-refractivity contribution is 5.85. The van der Waals surface area contributed by atoms with E-state index in [2.05, 4.69) is 5.32 Å². The van der Waals surface area contributed by atoms with Crippen molar-refractivity contribution in [2.75, 3.05) is 6.54 Å². The molecule has 1 saturated carbocycles. The number of halogens is 1. The van der Waals surface area contributed by atoms with E-state index in [1.165, 1.54) is 32.1 Å². The summed E-state index contributed by atoms with van der Waals surface area (Å²) < 4.78 is 0. The van der Waals surface area contributed by atoms with Gasteiger partial charge in [0.05, 0.1) is 6.04 Å². The quantitative estimate of drug-likeness (QED) is 0.801. The van der Waals surface area contributed by atoms with Crippen LogP contribution in [0.5, 0.6) is 0 Å². The maximum absolute atomic E-state index is 11.6. The third-order valence-corrected chi connectivity index (χ3v) is 3.31. The summed E-state index contributed by atoms with van der Waals surface area (Å²) in [4.78, 5) is 11.6. The van der Waals surface area contributed by atoms with E-state index in [9.17, 15) is 4.79 Å². The van der Waals surface area contributed by atoms with Crippen molar-refractivity contribution in [1.29, 1.82) is 0 Å². The average Bonchev–Trinajstić information content (AvgIpc) is 2.26. The van der Waals surface area contributed by atoms with Gasteiger partial charge in [0, 0.05) is 6.54 Å². The monoisotopic (exact) mass is 248 g/mol. The Balaban J connectivity index is 0.00000225. The van der Waals surface area contributed by atoms with Crippen molar-refractivity contribution in [3.05, 3.63) is 0 Å². The zero-order chi connectivity index (χ0) is 11.3. The van der Waals surface area contributed by atoms with Crippen LogP contribution in [0.2, 0.25) is 0 Å². The van der Waals surface area contributed by atoms with Gasteiger partial charge in [0.2, 0.25) is 5.91 Å². The van der Waals surface area contributed by atoms with Gasteiger partial charge >= 0.3 is 0 Å². The first-order chi connectivity index (χ1) is 7.11. The zero-order valence-electron chi connectivity index (χ0n) is 10.4. The molecule has 0 heterocycles. The minimum atomic E-state index is -0.353. The van der Waals surface area contributed by atoms with Crippen LogP contribution in [0, 0.1) is 11.8 Å². The molecule has 1 aliphatic rings. The predicted molar refractivity (Wildman–Crippen MR) is 69.6 cm³/mol. The van der Waals surface area contributed by atoms with Gasteiger partial charge in [-0.05, 0) is 24.7 Å². The molecule has 0 aromatic carbocycles. The summed E-state index contributed by atoms with van der Waals surface area (Å²) in [5.41, 5.74) is 5.76. The smallest absolute Gasteiger partial charge is 0.237 e. The molecule has 0 bridgehead atoms. The molecular formula is C12H25ClN2O. The molecule has 1 rings (SSSR count). The van der Waals surface area contributed by atoms with Gasteiger partial charge in [-0.3, -0.25) is 4.79 Å². The first-order valence-corrected chi connectivity index (χ1v) is 6.14. The topological polar surface area (TPSA) is 55.1 Å². The first kappa shape index (κ1) is 15.7. The summed E-state index contributed by atoms with van der Waals surface area (Å²) in [5, 5.41) is 2.97. The van der Waals surface area contributed by atoms with Crippen molar-refractivity contribution < 1.29 is 4.79 Å². The molecule has 3 nitrogen and oxygen atoms in total. The van der Waals surface area contributed by atoms with Gasteiger partial charge in [-0.25, -0.2) is 0 Å². The van der Waals surface area contributed by atoms with Crippen molar-refractivity contribution >= 4 is 18.3 Å². The molecule has 16 heavy (non-hydrogen) atoms. The summed E-state index contributed by atoms with van der Waals surface area (Å²) in [6.07, 6.45) is 6.51. The molecule has 0 aromatic heterocycles. The average molecular weight is 249 g/mol. The minimum absolute atomic E-state index is 0. The molecule has 0 radical (unpaired) electrons. The Morgan fingerprint density at radius 2 is 1.88 bits per heavy atom. The minimum Gasteiger partial charge on any atom is -0.354 e. The molecule has 1 fully saturated rings. The fourth-order valence-electron chi connectivity index (χ4n) is 2.06. The summed E-state index contributed by atoms with van der Waals surface area (Å²) in [6, 6.07) is -0.353.